The molecule has 4 aliphatic rings. The molecule has 1 aromatic heterocycles. The molecule has 0 aromatic carbocycles. The minimum absolute atomic E-state index is 0.218. The molecule has 0 N–H and O–H groups in total. The molecule has 1 aromatic rings. The molecule has 3 heteroatoms. The largest absolute Gasteiger partial charge is 0.299 e. The number of ketones is 1. The van der Waals surface area contributed by atoms with Crippen LogP contribution in [0.4, 0.5) is 0 Å². The van der Waals surface area contributed by atoms with E-state index in [0.29, 0.717) is 30.0 Å². The van der Waals surface area contributed by atoms with Crippen molar-refractivity contribution in [2.45, 2.75) is 59.3 Å². The summed E-state index contributed by atoms with van der Waals surface area (Å²) in [6.07, 6.45) is 14.7. The molecule has 3 nitrogen and oxygen atoms in total. The van der Waals surface area contributed by atoms with Crippen LogP contribution in [0.3, 0.4) is 0 Å². The lowest BCUT2D eigenvalue weighted by Crippen LogP contribution is -2.51. The minimum Gasteiger partial charge on any atom is -0.299 e. The summed E-state index contributed by atoms with van der Waals surface area (Å²) in [5.74, 6) is 3.12. The second-order valence-corrected chi connectivity index (χ2v) is 9.88. The van der Waals surface area contributed by atoms with Crippen molar-refractivity contribution in [1.82, 2.24) is 9.97 Å². The summed E-state index contributed by atoms with van der Waals surface area (Å²) in [7, 11) is 0. The molecular formula is C24H30N2O. The number of nitrogens with zero attached hydrogens (tertiary/aromatic N) is 2. The minimum atomic E-state index is 0.218. The van der Waals surface area contributed by atoms with Crippen molar-refractivity contribution in [3.63, 3.8) is 0 Å². The van der Waals surface area contributed by atoms with Crippen molar-refractivity contribution in [3.8, 4) is 0 Å². The molecule has 0 saturated heterocycles. The van der Waals surface area contributed by atoms with Crippen LogP contribution < -0.4 is 0 Å². The molecule has 5 rings (SSSR count). The Labute approximate surface area is 162 Å². The Morgan fingerprint density at radius 3 is 2.78 bits per heavy atom. The van der Waals surface area contributed by atoms with Gasteiger partial charge in [-0.2, -0.15) is 0 Å². The number of hydrogen-bond donors (Lipinski definition) is 0. The highest BCUT2D eigenvalue weighted by molar-refractivity contribution is 5.82. The number of Topliss-reactive ketones (excluding diaryl/α,β-unsaturated/α-hetero) is 1. The molecule has 2 fully saturated rings. The predicted molar refractivity (Wildman–Crippen MR) is 107 cm³/mol. The number of hydrogen-bond acceptors (Lipinski definition) is 3. The lowest BCUT2D eigenvalue weighted by Gasteiger charge is -2.59. The third-order valence-electron chi connectivity index (χ3n) is 8.71. The lowest BCUT2D eigenvalue weighted by molar-refractivity contribution is -0.122. The van der Waals surface area contributed by atoms with E-state index in [2.05, 4.69) is 49.0 Å². The SMILES string of the molecule is C[C@H]1C=C2CC(=O)CC[C@]2(C)[C@H]2CC[C@]3(C)C(c4ccncn4)=CC[C@H]3[C@H]12. The molecule has 142 valence electrons. The number of allylic oxidation sites excluding steroid dienone is 4. The van der Waals surface area contributed by atoms with Crippen LogP contribution >= 0.6 is 0 Å². The first-order valence-electron chi connectivity index (χ1n) is 10.6. The van der Waals surface area contributed by atoms with E-state index < -0.39 is 0 Å². The van der Waals surface area contributed by atoms with Crippen molar-refractivity contribution in [2.75, 3.05) is 0 Å². The van der Waals surface area contributed by atoms with Crippen molar-refractivity contribution in [3.05, 3.63) is 42.0 Å². The molecule has 0 radical (unpaired) electrons. The Balaban J connectivity index is 1.52. The first-order valence-corrected chi connectivity index (χ1v) is 10.6. The van der Waals surface area contributed by atoms with E-state index in [9.17, 15) is 4.79 Å². The van der Waals surface area contributed by atoms with Gasteiger partial charge in [0.25, 0.3) is 0 Å². The van der Waals surface area contributed by atoms with Crippen LogP contribution in [0.15, 0.2) is 36.3 Å². The van der Waals surface area contributed by atoms with Gasteiger partial charge < -0.3 is 0 Å². The van der Waals surface area contributed by atoms with E-state index in [1.165, 1.54) is 30.4 Å². The summed E-state index contributed by atoms with van der Waals surface area (Å²) < 4.78 is 0. The average molecular weight is 363 g/mol. The molecule has 0 unspecified atom stereocenters. The number of aromatic nitrogens is 2. The van der Waals surface area contributed by atoms with Crippen LogP contribution in [0.2, 0.25) is 0 Å². The van der Waals surface area contributed by atoms with E-state index >= 15 is 0 Å². The van der Waals surface area contributed by atoms with Crippen LogP contribution in [-0.4, -0.2) is 15.8 Å². The normalized spacial score (nSPS) is 43.3. The lowest BCUT2D eigenvalue weighted by atomic mass is 9.45. The number of carbonyl (C=O) groups is 1. The fraction of sp³-hybridized carbons (Fsp3) is 0.625. The summed E-state index contributed by atoms with van der Waals surface area (Å²) in [5.41, 5.74) is 4.47. The highest BCUT2D eigenvalue weighted by atomic mass is 16.1. The van der Waals surface area contributed by atoms with Crippen LogP contribution in [0, 0.1) is 34.5 Å². The smallest absolute Gasteiger partial charge is 0.136 e. The number of carbonyl (C=O) groups excluding carboxylic acids is 1. The van der Waals surface area contributed by atoms with Gasteiger partial charge in [0, 0.05) is 19.0 Å². The molecule has 0 aliphatic heterocycles. The average Bonchev–Trinajstić information content (AvgIpc) is 3.01. The molecule has 0 amide bonds. The van der Waals surface area contributed by atoms with Gasteiger partial charge >= 0.3 is 0 Å². The zero-order valence-electron chi connectivity index (χ0n) is 16.7. The van der Waals surface area contributed by atoms with Crippen molar-refractivity contribution < 1.29 is 4.79 Å². The van der Waals surface area contributed by atoms with Gasteiger partial charge in [-0.1, -0.05) is 38.5 Å². The molecule has 1 heterocycles. The van der Waals surface area contributed by atoms with Crippen LogP contribution in [0.1, 0.15) is 65.0 Å². The number of rotatable bonds is 1. The van der Waals surface area contributed by atoms with Gasteiger partial charge in [-0.05, 0) is 71.8 Å². The second-order valence-electron chi connectivity index (χ2n) is 9.88. The fourth-order valence-corrected chi connectivity index (χ4v) is 7.25. The van der Waals surface area contributed by atoms with Gasteiger partial charge in [0.15, 0.2) is 0 Å². The van der Waals surface area contributed by atoms with E-state index in [1.807, 2.05) is 6.20 Å². The van der Waals surface area contributed by atoms with Crippen LogP contribution in [0.5, 0.6) is 0 Å². The summed E-state index contributed by atoms with van der Waals surface area (Å²) in [4.78, 5) is 20.8. The maximum atomic E-state index is 12.1. The summed E-state index contributed by atoms with van der Waals surface area (Å²) in [6.45, 7) is 7.34. The van der Waals surface area contributed by atoms with E-state index in [-0.39, 0.29) is 10.8 Å². The van der Waals surface area contributed by atoms with Gasteiger partial charge in [-0.3, -0.25) is 4.79 Å². The third kappa shape index (κ3) is 2.36. The van der Waals surface area contributed by atoms with Gasteiger partial charge in [-0.25, -0.2) is 9.97 Å². The highest BCUT2D eigenvalue weighted by Gasteiger charge is 2.58. The predicted octanol–water partition coefficient (Wildman–Crippen LogP) is 5.25. The molecule has 0 bridgehead atoms. The zero-order chi connectivity index (χ0) is 18.8. The maximum Gasteiger partial charge on any atom is 0.136 e. The molecule has 0 spiro atoms. The monoisotopic (exact) mass is 362 g/mol. The maximum absolute atomic E-state index is 12.1. The van der Waals surface area contributed by atoms with Crippen molar-refractivity contribution in [2.24, 2.45) is 34.5 Å². The Bertz CT molecular complexity index is 841. The Kier molecular flexibility index (Phi) is 3.76. The van der Waals surface area contributed by atoms with Crippen LogP contribution in [0.25, 0.3) is 5.57 Å². The van der Waals surface area contributed by atoms with Crippen molar-refractivity contribution >= 4 is 11.4 Å². The standard InChI is InChI=1S/C24H30N2O/c1-15-12-16-13-17(27)6-9-23(16,2)20-7-10-24(3)18(4-5-19(24)22(15)20)21-8-11-25-14-26-21/h4,8,11-12,14-15,19-20,22H,5-7,9-10,13H2,1-3H3/t15-,19-,20-,22-,23-,24+/m0/s1. The topological polar surface area (TPSA) is 42.9 Å². The summed E-state index contributed by atoms with van der Waals surface area (Å²) in [5, 5.41) is 0. The first-order chi connectivity index (χ1) is 12.9. The Morgan fingerprint density at radius 2 is 2.00 bits per heavy atom. The quantitative estimate of drug-likeness (QED) is 0.641. The van der Waals surface area contributed by atoms with Gasteiger partial charge in [0.2, 0.25) is 0 Å². The molecule has 6 atom stereocenters. The Morgan fingerprint density at radius 1 is 1.15 bits per heavy atom. The second kappa shape index (κ2) is 5.86. The van der Waals surface area contributed by atoms with Gasteiger partial charge in [-0.15, -0.1) is 0 Å². The van der Waals surface area contributed by atoms with Gasteiger partial charge in [0.05, 0.1) is 5.69 Å². The summed E-state index contributed by atoms with van der Waals surface area (Å²) >= 11 is 0. The zero-order valence-corrected chi connectivity index (χ0v) is 16.7. The molecule has 27 heavy (non-hydrogen) atoms. The molecule has 2 saturated carbocycles. The molecular weight excluding hydrogens is 332 g/mol. The fourth-order valence-electron chi connectivity index (χ4n) is 7.25. The van der Waals surface area contributed by atoms with E-state index in [1.54, 1.807) is 6.33 Å². The van der Waals surface area contributed by atoms with Crippen molar-refractivity contribution in [1.29, 1.82) is 0 Å². The molecule has 4 aliphatic carbocycles. The first kappa shape index (κ1) is 17.3. The van der Waals surface area contributed by atoms with E-state index in [4.69, 9.17) is 0 Å². The van der Waals surface area contributed by atoms with Crippen LogP contribution in [-0.2, 0) is 4.79 Å². The number of fused-ring (bicyclic) bond motifs is 5. The highest BCUT2D eigenvalue weighted by Crippen LogP contribution is 2.66. The summed E-state index contributed by atoms with van der Waals surface area (Å²) in [6, 6.07) is 2.07. The Hall–Kier alpha value is -1.77. The van der Waals surface area contributed by atoms with Gasteiger partial charge in [0.1, 0.15) is 12.1 Å². The third-order valence-corrected chi connectivity index (χ3v) is 8.71. The van der Waals surface area contributed by atoms with E-state index in [0.717, 1.165) is 24.5 Å².